The molecule has 1 aliphatic heterocycles. The van der Waals surface area contributed by atoms with Crippen molar-refractivity contribution in [2.24, 2.45) is 0 Å². The molecule has 1 N–H and O–H groups in total. The maximum absolute atomic E-state index is 12.8. The van der Waals surface area contributed by atoms with E-state index in [0.29, 0.717) is 44.8 Å². The number of nitriles is 1. The Balaban J connectivity index is 1.53. The van der Waals surface area contributed by atoms with Crippen LogP contribution in [-0.4, -0.2) is 68.9 Å². The Morgan fingerprint density at radius 2 is 1.70 bits per heavy atom. The molecule has 1 amide bonds. The van der Waals surface area contributed by atoms with Crippen molar-refractivity contribution in [3.8, 4) is 11.8 Å². The number of rotatable bonds is 6. The SMILES string of the molecule is COc1ccc(S(=O)(=O)N2CCN(CC(=O)NC3(C#N)CCCCCC3)CC2)cc1. The zero-order chi connectivity index (χ0) is 21.6. The molecule has 3 rings (SSSR count). The normalized spacial score (nSPS) is 20.7. The van der Waals surface area contributed by atoms with Crippen LogP contribution in [-0.2, 0) is 14.8 Å². The number of amides is 1. The fourth-order valence-electron chi connectivity index (χ4n) is 4.13. The van der Waals surface area contributed by atoms with Gasteiger partial charge in [-0.25, -0.2) is 8.42 Å². The molecular weight excluding hydrogens is 404 g/mol. The second-order valence-electron chi connectivity index (χ2n) is 8.01. The largest absolute Gasteiger partial charge is 0.497 e. The standard InChI is InChI=1S/C21H30N4O4S/c1-29-18-6-8-19(9-7-18)30(27,28)25-14-12-24(13-15-25)16-20(26)23-21(17-22)10-4-2-3-5-11-21/h6-9H,2-5,10-16H2,1H3,(H,23,26). The molecule has 1 saturated carbocycles. The van der Waals surface area contributed by atoms with Gasteiger partial charge in [-0.3, -0.25) is 9.69 Å². The highest BCUT2D eigenvalue weighted by Crippen LogP contribution is 2.26. The first-order valence-corrected chi connectivity index (χ1v) is 11.9. The van der Waals surface area contributed by atoms with Crippen LogP contribution in [0.3, 0.4) is 0 Å². The number of hydrogen-bond acceptors (Lipinski definition) is 6. The van der Waals surface area contributed by atoms with Gasteiger partial charge in [-0.15, -0.1) is 0 Å². The van der Waals surface area contributed by atoms with Crippen LogP contribution in [0.15, 0.2) is 29.2 Å². The first-order valence-electron chi connectivity index (χ1n) is 10.5. The second kappa shape index (κ2) is 9.77. The van der Waals surface area contributed by atoms with Crippen molar-refractivity contribution in [2.45, 2.75) is 49.0 Å². The fourth-order valence-corrected chi connectivity index (χ4v) is 5.55. The Hall–Kier alpha value is -2.15. The summed E-state index contributed by atoms with van der Waals surface area (Å²) < 4.78 is 32.2. The van der Waals surface area contributed by atoms with Crippen LogP contribution in [0.2, 0.25) is 0 Å². The minimum atomic E-state index is -3.57. The van der Waals surface area contributed by atoms with Gasteiger partial charge in [-0.05, 0) is 37.1 Å². The first kappa shape index (κ1) is 22.5. The molecule has 2 fully saturated rings. The minimum absolute atomic E-state index is 0.162. The van der Waals surface area contributed by atoms with E-state index < -0.39 is 15.6 Å². The summed E-state index contributed by atoms with van der Waals surface area (Å²) in [5.41, 5.74) is -0.757. The molecule has 0 bridgehead atoms. The highest BCUT2D eigenvalue weighted by atomic mass is 32.2. The van der Waals surface area contributed by atoms with Gasteiger partial charge in [0.15, 0.2) is 0 Å². The monoisotopic (exact) mass is 434 g/mol. The van der Waals surface area contributed by atoms with E-state index in [1.165, 1.54) is 11.4 Å². The van der Waals surface area contributed by atoms with E-state index in [-0.39, 0.29) is 17.3 Å². The molecule has 0 radical (unpaired) electrons. The van der Waals surface area contributed by atoms with Crippen molar-refractivity contribution in [3.63, 3.8) is 0 Å². The van der Waals surface area contributed by atoms with E-state index in [0.717, 1.165) is 25.7 Å². The predicted octanol–water partition coefficient (Wildman–Crippen LogP) is 1.73. The van der Waals surface area contributed by atoms with Gasteiger partial charge in [0.2, 0.25) is 15.9 Å². The lowest BCUT2D eigenvalue weighted by Crippen LogP contribution is -2.54. The fraction of sp³-hybridized carbons (Fsp3) is 0.619. The maximum Gasteiger partial charge on any atom is 0.243 e. The number of hydrogen-bond donors (Lipinski definition) is 1. The topological polar surface area (TPSA) is 103 Å². The summed E-state index contributed by atoms with van der Waals surface area (Å²) >= 11 is 0. The number of nitrogens with one attached hydrogen (secondary N) is 1. The molecule has 1 heterocycles. The van der Waals surface area contributed by atoms with Gasteiger partial charge < -0.3 is 10.1 Å². The van der Waals surface area contributed by atoms with Gasteiger partial charge in [-0.1, -0.05) is 25.7 Å². The molecule has 30 heavy (non-hydrogen) atoms. The van der Waals surface area contributed by atoms with Crippen LogP contribution in [0.5, 0.6) is 5.75 Å². The number of ether oxygens (including phenoxy) is 1. The van der Waals surface area contributed by atoms with Crippen LogP contribution >= 0.6 is 0 Å². The zero-order valence-electron chi connectivity index (χ0n) is 17.5. The van der Waals surface area contributed by atoms with Crippen molar-refractivity contribution >= 4 is 15.9 Å². The van der Waals surface area contributed by atoms with E-state index >= 15 is 0 Å². The molecule has 0 atom stereocenters. The Bertz CT molecular complexity index is 863. The van der Waals surface area contributed by atoms with Crippen LogP contribution < -0.4 is 10.1 Å². The molecule has 1 saturated heterocycles. The minimum Gasteiger partial charge on any atom is -0.497 e. The number of nitrogens with zero attached hydrogens (tertiary/aromatic N) is 3. The summed E-state index contributed by atoms with van der Waals surface area (Å²) in [4.78, 5) is 14.7. The van der Waals surface area contributed by atoms with Crippen LogP contribution in [0, 0.1) is 11.3 Å². The van der Waals surface area contributed by atoms with Crippen LogP contribution in [0.4, 0.5) is 0 Å². The van der Waals surface area contributed by atoms with Crippen molar-refractivity contribution in [1.29, 1.82) is 5.26 Å². The summed E-state index contributed by atoms with van der Waals surface area (Å²) in [5.74, 6) is 0.443. The van der Waals surface area contributed by atoms with E-state index in [9.17, 15) is 18.5 Å². The average Bonchev–Trinajstić information content (AvgIpc) is 3.00. The highest BCUT2D eigenvalue weighted by molar-refractivity contribution is 7.89. The van der Waals surface area contributed by atoms with Gasteiger partial charge in [0.25, 0.3) is 0 Å². The number of piperazine rings is 1. The molecule has 164 valence electrons. The molecule has 1 aromatic carbocycles. The van der Waals surface area contributed by atoms with Gasteiger partial charge in [0, 0.05) is 26.2 Å². The smallest absolute Gasteiger partial charge is 0.243 e. The maximum atomic E-state index is 12.8. The number of carbonyl (C=O) groups is 1. The van der Waals surface area contributed by atoms with E-state index in [2.05, 4.69) is 11.4 Å². The van der Waals surface area contributed by atoms with Crippen molar-refractivity contribution in [3.05, 3.63) is 24.3 Å². The van der Waals surface area contributed by atoms with Crippen molar-refractivity contribution < 1.29 is 17.9 Å². The number of sulfonamides is 1. The molecular formula is C21H30N4O4S. The Morgan fingerprint density at radius 1 is 1.10 bits per heavy atom. The highest BCUT2D eigenvalue weighted by Gasteiger charge is 2.34. The number of benzene rings is 1. The van der Waals surface area contributed by atoms with E-state index in [4.69, 9.17) is 4.74 Å². The summed E-state index contributed by atoms with van der Waals surface area (Å²) in [6, 6.07) is 8.68. The van der Waals surface area contributed by atoms with Crippen molar-refractivity contribution in [2.75, 3.05) is 39.8 Å². The molecule has 8 nitrogen and oxygen atoms in total. The van der Waals surface area contributed by atoms with Crippen molar-refractivity contribution in [1.82, 2.24) is 14.5 Å². The molecule has 0 aromatic heterocycles. The summed E-state index contributed by atoms with van der Waals surface area (Å²) in [6.45, 7) is 1.78. The van der Waals surface area contributed by atoms with Crippen LogP contribution in [0.1, 0.15) is 38.5 Å². The molecule has 2 aliphatic rings. The quantitative estimate of drug-likeness (QED) is 0.684. The lowest BCUT2D eigenvalue weighted by molar-refractivity contribution is -0.124. The van der Waals surface area contributed by atoms with E-state index in [1.807, 2.05) is 4.90 Å². The molecule has 1 aromatic rings. The molecule has 0 spiro atoms. The predicted molar refractivity (Wildman–Crippen MR) is 112 cm³/mol. The summed E-state index contributed by atoms with van der Waals surface area (Å²) in [5, 5.41) is 12.6. The van der Waals surface area contributed by atoms with Crippen LogP contribution in [0.25, 0.3) is 0 Å². The lowest BCUT2D eigenvalue weighted by Gasteiger charge is -2.34. The third-order valence-corrected chi connectivity index (χ3v) is 7.86. The second-order valence-corrected chi connectivity index (χ2v) is 9.95. The third-order valence-electron chi connectivity index (χ3n) is 5.95. The van der Waals surface area contributed by atoms with Gasteiger partial charge in [-0.2, -0.15) is 9.57 Å². The number of carbonyl (C=O) groups excluding carboxylic acids is 1. The molecule has 0 unspecified atom stereocenters. The van der Waals surface area contributed by atoms with Gasteiger partial charge in [0.05, 0.1) is 24.6 Å². The number of methoxy groups -OCH3 is 1. The summed E-state index contributed by atoms with van der Waals surface area (Å²) in [7, 11) is -2.04. The molecule has 1 aliphatic carbocycles. The average molecular weight is 435 g/mol. The zero-order valence-corrected chi connectivity index (χ0v) is 18.3. The van der Waals surface area contributed by atoms with Gasteiger partial charge in [0.1, 0.15) is 11.3 Å². The van der Waals surface area contributed by atoms with E-state index in [1.54, 1.807) is 24.3 Å². The van der Waals surface area contributed by atoms with Gasteiger partial charge >= 0.3 is 0 Å². The first-order chi connectivity index (χ1) is 14.4. The Labute approximate surface area is 178 Å². The molecule has 9 heteroatoms. The Kier molecular flexibility index (Phi) is 7.34. The lowest BCUT2D eigenvalue weighted by atomic mass is 9.92. The summed E-state index contributed by atoms with van der Waals surface area (Å²) in [6.07, 6.45) is 5.51. The third kappa shape index (κ3) is 5.31. The Morgan fingerprint density at radius 3 is 2.23 bits per heavy atom.